The SMILES string of the molecule is CCOc1cc(/C=C2\N=C(c3ccc4ccccc4c3)OC2=O)cc(Br)c1OC(C)C. The Morgan fingerprint density at radius 2 is 1.87 bits per heavy atom. The van der Waals surface area contributed by atoms with Gasteiger partial charge in [0.15, 0.2) is 17.2 Å². The van der Waals surface area contributed by atoms with Crippen molar-refractivity contribution in [1.82, 2.24) is 0 Å². The summed E-state index contributed by atoms with van der Waals surface area (Å²) in [5.74, 6) is 1.04. The molecular weight excluding hydrogens is 458 g/mol. The van der Waals surface area contributed by atoms with Gasteiger partial charge in [0.05, 0.1) is 17.2 Å². The van der Waals surface area contributed by atoms with Crippen LogP contribution in [-0.4, -0.2) is 24.6 Å². The maximum atomic E-state index is 12.5. The van der Waals surface area contributed by atoms with E-state index in [1.165, 1.54) is 0 Å². The smallest absolute Gasteiger partial charge is 0.363 e. The van der Waals surface area contributed by atoms with Crippen molar-refractivity contribution in [3.05, 3.63) is 75.9 Å². The first-order valence-corrected chi connectivity index (χ1v) is 10.9. The Labute approximate surface area is 189 Å². The molecule has 0 bridgehead atoms. The first kappa shape index (κ1) is 21.1. The first-order valence-electron chi connectivity index (χ1n) is 10.1. The highest BCUT2D eigenvalue weighted by atomic mass is 79.9. The maximum Gasteiger partial charge on any atom is 0.363 e. The van der Waals surface area contributed by atoms with Crippen molar-refractivity contribution < 1.29 is 19.0 Å². The van der Waals surface area contributed by atoms with E-state index >= 15 is 0 Å². The van der Waals surface area contributed by atoms with Gasteiger partial charge < -0.3 is 14.2 Å². The van der Waals surface area contributed by atoms with Gasteiger partial charge in [-0.15, -0.1) is 0 Å². The van der Waals surface area contributed by atoms with Crippen molar-refractivity contribution in [3.63, 3.8) is 0 Å². The number of fused-ring (bicyclic) bond motifs is 1. The summed E-state index contributed by atoms with van der Waals surface area (Å²) < 4.78 is 17.8. The molecule has 0 aliphatic carbocycles. The van der Waals surface area contributed by atoms with Crippen molar-refractivity contribution >= 4 is 44.6 Å². The average molecular weight is 480 g/mol. The standard InChI is InChI=1S/C25H22BrNO4/c1-4-29-22-13-16(11-20(26)23(22)30-15(2)3)12-21-25(28)31-24(27-21)19-10-9-17-7-5-6-8-18(17)14-19/h5-15H,4H2,1-3H3/b21-12-. The third kappa shape index (κ3) is 4.64. The van der Waals surface area contributed by atoms with Crippen molar-refractivity contribution in [2.24, 2.45) is 4.99 Å². The second kappa shape index (κ2) is 8.94. The second-order valence-electron chi connectivity index (χ2n) is 7.33. The molecule has 0 unspecified atom stereocenters. The van der Waals surface area contributed by atoms with Gasteiger partial charge in [-0.1, -0.05) is 30.3 Å². The predicted octanol–water partition coefficient (Wildman–Crippen LogP) is 6.13. The van der Waals surface area contributed by atoms with Gasteiger partial charge in [0, 0.05) is 5.56 Å². The number of rotatable bonds is 6. The van der Waals surface area contributed by atoms with Crippen molar-refractivity contribution in [2.75, 3.05) is 6.61 Å². The molecule has 0 spiro atoms. The molecule has 3 aromatic rings. The summed E-state index contributed by atoms with van der Waals surface area (Å²) in [5.41, 5.74) is 1.74. The van der Waals surface area contributed by atoms with Crippen LogP contribution in [0.1, 0.15) is 31.9 Å². The largest absolute Gasteiger partial charge is 0.490 e. The zero-order chi connectivity index (χ0) is 22.0. The molecule has 0 aromatic heterocycles. The van der Waals surface area contributed by atoms with Gasteiger partial charge in [0.1, 0.15) is 0 Å². The van der Waals surface area contributed by atoms with Gasteiger partial charge in [0.25, 0.3) is 0 Å². The lowest BCUT2D eigenvalue weighted by Gasteiger charge is -2.16. The normalized spacial score (nSPS) is 14.8. The summed E-state index contributed by atoms with van der Waals surface area (Å²) >= 11 is 3.55. The fourth-order valence-corrected chi connectivity index (χ4v) is 3.85. The Balaban J connectivity index is 1.69. The molecule has 1 aliphatic rings. The van der Waals surface area contributed by atoms with Gasteiger partial charge in [0.2, 0.25) is 5.90 Å². The Morgan fingerprint density at radius 1 is 1.10 bits per heavy atom. The fourth-order valence-electron chi connectivity index (χ4n) is 3.30. The Kier molecular flexibility index (Phi) is 6.09. The molecule has 1 heterocycles. The van der Waals surface area contributed by atoms with E-state index in [9.17, 15) is 4.79 Å². The van der Waals surface area contributed by atoms with Crippen molar-refractivity contribution in [2.45, 2.75) is 26.9 Å². The number of hydrogen-bond donors (Lipinski definition) is 0. The number of benzene rings is 3. The molecule has 1 aliphatic heterocycles. The van der Waals surface area contributed by atoms with E-state index in [2.05, 4.69) is 20.9 Å². The number of carbonyl (C=O) groups excluding carboxylic acids is 1. The molecule has 0 fully saturated rings. The van der Waals surface area contributed by atoms with Gasteiger partial charge >= 0.3 is 5.97 Å². The van der Waals surface area contributed by atoms with E-state index in [0.29, 0.717) is 24.0 Å². The molecule has 0 radical (unpaired) electrons. The van der Waals surface area contributed by atoms with Crippen LogP contribution in [0.3, 0.4) is 0 Å². The minimum Gasteiger partial charge on any atom is -0.490 e. The molecule has 5 nitrogen and oxygen atoms in total. The van der Waals surface area contributed by atoms with Gasteiger partial charge in [-0.25, -0.2) is 9.79 Å². The van der Waals surface area contributed by atoms with Crippen LogP contribution >= 0.6 is 15.9 Å². The molecule has 0 saturated carbocycles. The second-order valence-corrected chi connectivity index (χ2v) is 8.18. The molecule has 4 rings (SSSR count). The highest BCUT2D eigenvalue weighted by Crippen LogP contribution is 2.38. The van der Waals surface area contributed by atoms with Crippen molar-refractivity contribution in [3.8, 4) is 11.5 Å². The molecule has 0 saturated heterocycles. The quantitative estimate of drug-likeness (QED) is 0.315. The molecule has 6 heteroatoms. The number of carbonyl (C=O) groups is 1. The highest BCUT2D eigenvalue weighted by Gasteiger charge is 2.25. The fraction of sp³-hybridized carbons (Fsp3) is 0.200. The molecular formula is C25H22BrNO4. The lowest BCUT2D eigenvalue weighted by molar-refractivity contribution is -0.129. The molecule has 3 aromatic carbocycles. The molecule has 0 N–H and O–H groups in total. The topological polar surface area (TPSA) is 57.1 Å². The number of hydrogen-bond acceptors (Lipinski definition) is 5. The van der Waals surface area contributed by atoms with E-state index in [1.807, 2.05) is 75.4 Å². The number of ether oxygens (including phenoxy) is 3. The monoisotopic (exact) mass is 479 g/mol. The van der Waals surface area contributed by atoms with Gasteiger partial charge in [-0.2, -0.15) is 0 Å². The summed E-state index contributed by atoms with van der Waals surface area (Å²) in [6.45, 7) is 6.31. The van der Waals surface area contributed by atoms with Crippen LogP contribution in [0.2, 0.25) is 0 Å². The number of esters is 1. The molecule has 31 heavy (non-hydrogen) atoms. The van der Waals surface area contributed by atoms with E-state index in [1.54, 1.807) is 6.08 Å². The molecule has 0 amide bonds. The van der Waals surface area contributed by atoms with E-state index in [-0.39, 0.29) is 11.8 Å². The van der Waals surface area contributed by atoms with Crippen LogP contribution in [-0.2, 0) is 9.53 Å². The lowest BCUT2D eigenvalue weighted by atomic mass is 10.1. The van der Waals surface area contributed by atoms with Crippen LogP contribution in [0.5, 0.6) is 11.5 Å². The van der Waals surface area contributed by atoms with Crippen LogP contribution in [0, 0.1) is 0 Å². The van der Waals surface area contributed by atoms with Crippen LogP contribution in [0.15, 0.2) is 69.8 Å². The van der Waals surface area contributed by atoms with Crippen LogP contribution in [0.4, 0.5) is 0 Å². The van der Waals surface area contributed by atoms with E-state index < -0.39 is 5.97 Å². The number of aliphatic imine (C=N–C) groups is 1. The Hall–Kier alpha value is -3.12. The number of nitrogens with zero attached hydrogens (tertiary/aromatic N) is 1. The maximum absolute atomic E-state index is 12.5. The average Bonchev–Trinajstić information content (AvgIpc) is 3.10. The third-order valence-electron chi connectivity index (χ3n) is 4.61. The summed E-state index contributed by atoms with van der Waals surface area (Å²) in [5, 5.41) is 2.17. The van der Waals surface area contributed by atoms with Crippen molar-refractivity contribution in [1.29, 1.82) is 0 Å². The molecule has 158 valence electrons. The van der Waals surface area contributed by atoms with Crippen LogP contribution in [0.25, 0.3) is 16.8 Å². The number of halogens is 1. The minimum atomic E-state index is -0.486. The molecule has 0 atom stereocenters. The number of cyclic esters (lactones) is 1. The lowest BCUT2D eigenvalue weighted by Crippen LogP contribution is -2.08. The first-order chi connectivity index (χ1) is 14.9. The summed E-state index contributed by atoms with van der Waals surface area (Å²) in [4.78, 5) is 16.9. The van der Waals surface area contributed by atoms with Gasteiger partial charge in [-0.05, 0) is 83.4 Å². The highest BCUT2D eigenvalue weighted by molar-refractivity contribution is 9.10. The van der Waals surface area contributed by atoms with E-state index in [4.69, 9.17) is 14.2 Å². The third-order valence-corrected chi connectivity index (χ3v) is 5.19. The van der Waals surface area contributed by atoms with E-state index in [0.717, 1.165) is 26.4 Å². The van der Waals surface area contributed by atoms with Gasteiger partial charge in [-0.3, -0.25) is 0 Å². The predicted molar refractivity (Wildman–Crippen MR) is 126 cm³/mol. The zero-order valence-corrected chi connectivity index (χ0v) is 19.1. The summed E-state index contributed by atoms with van der Waals surface area (Å²) in [7, 11) is 0. The Morgan fingerprint density at radius 3 is 2.61 bits per heavy atom. The summed E-state index contributed by atoms with van der Waals surface area (Å²) in [6, 6.07) is 17.6. The Bertz CT molecular complexity index is 1210. The summed E-state index contributed by atoms with van der Waals surface area (Å²) in [6.07, 6.45) is 1.68. The zero-order valence-electron chi connectivity index (χ0n) is 17.5. The minimum absolute atomic E-state index is 0.00127. The van der Waals surface area contributed by atoms with Crippen LogP contribution < -0.4 is 9.47 Å².